The van der Waals surface area contributed by atoms with Gasteiger partial charge in [0.15, 0.2) is 0 Å². The molecule has 0 saturated carbocycles. The molecule has 0 unspecified atom stereocenters. The van der Waals surface area contributed by atoms with Crippen LogP contribution in [-0.2, 0) is 0 Å². The number of aliphatic hydroxyl groups is 1. The number of nitrogens with zero attached hydrogens (tertiary/aromatic N) is 2. The summed E-state index contributed by atoms with van der Waals surface area (Å²) in [6.07, 6.45) is -2.73. The highest BCUT2D eigenvalue weighted by Gasteiger charge is 2.19. The third kappa shape index (κ3) is 4.72. The van der Waals surface area contributed by atoms with Gasteiger partial charge in [-0.2, -0.15) is 9.78 Å². The van der Waals surface area contributed by atoms with Crippen molar-refractivity contribution in [3.8, 4) is 16.9 Å². The Balaban J connectivity index is 2.20. The minimum absolute atomic E-state index is 0.0953. The highest BCUT2D eigenvalue weighted by atomic mass is 35.5. The SMILES string of the molecule is C[C@@H](CO)NC(=O)c1cc(-c2ccc(Cl)cc2)nn(-c2cccc(C(F)F)c2)c1=O. The molecule has 2 aromatic carbocycles. The number of amides is 1. The summed E-state index contributed by atoms with van der Waals surface area (Å²) < 4.78 is 27.2. The van der Waals surface area contributed by atoms with Crippen LogP contribution in [0.1, 0.15) is 29.3 Å². The highest BCUT2D eigenvalue weighted by molar-refractivity contribution is 6.30. The van der Waals surface area contributed by atoms with Gasteiger partial charge in [0.2, 0.25) is 0 Å². The number of rotatable bonds is 6. The van der Waals surface area contributed by atoms with Crippen LogP contribution >= 0.6 is 11.6 Å². The summed E-state index contributed by atoms with van der Waals surface area (Å²) in [6, 6.07) is 12.5. The normalized spacial score (nSPS) is 12.1. The molecule has 1 heterocycles. The van der Waals surface area contributed by atoms with Crippen molar-refractivity contribution in [2.24, 2.45) is 0 Å². The largest absolute Gasteiger partial charge is 0.394 e. The first-order valence-corrected chi connectivity index (χ1v) is 9.38. The van der Waals surface area contributed by atoms with Crippen molar-refractivity contribution in [1.29, 1.82) is 0 Å². The molecule has 1 aromatic heterocycles. The lowest BCUT2D eigenvalue weighted by Crippen LogP contribution is -2.39. The topological polar surface area (TPSA) is 84.2 Å². The van der Waals surface area contributed by atoms with Crippen LogP contribution in [0.25, 0.3) is 16.9 Å². The van der Waals surface area contributed by atoms with Crippen molar-refractivity contribution in [3.05, 3.63) is 81.1 Å². The third-order valence-corrected chi connectivity index (χ3v) is 4.57. The molecule has 0 fully saturated rings. The second kappa shape index (κ2) is 9.15. The highest BCUT2D eigenvalue weighted by Crippen LogP contribution is 2.23. The average Bonchev–Trinajstić information content (AvgIpc) is 2.74. The first kappa shape index (κ1) is 21.6. The number of aliphatic hydroxyl groups excluding tert-OH is 1. The van der Waals surface area contributed by atoms with E-state index < -0.39 is 23.9 Å². The molecule has 3 aromatic rings. The first-order chi connectivity index (χ1) is 14.3. The van der Waals surface area contributed by atoms with Crippen LogP contribution in [0.3, 0.4) is 0 Å². The number of alkyl halides is 2. The summed E-state index contributed by atoms with van der Waals surface area (Å²) in [6.45, 7) is 1.26. The maximum absolute atomic E-state index is 13.1. The van der Waals surface area contributed by atoms with E-state index in [1.165, 1.54) is 24.3 Å². The zero-order chi connectivity index (χ0) is 21.8. The number of benzene rings is 2. The molecule has 30 heavy (non-hydrogen) atoms. The molecule has 0 bridgehead atoms. The second-order valence-electron chi connectivity index (χ2n) is 6.62. The van der Waals surface area contributed by atoms with Crippen molar-refractivity contribution in [2.75, 3.05) is 6.61 Å². The Hall–Kier alpha value is -3.10. The van der Waals surface area contributed by atoms with Crippen LogP contribution in [0, 0.1) is 0 Å². The molecule has 9 heteroatoms. The van der Waals surface area contributed by atoms with Gasteiger partial charge in [-0.25, -0.2) is 8.78 Å². The Morgan fingerprint density at radius 1 is 1.20 bits per heavy atom. The van der Waals surface area contributed by atoms with Gasteiger partial charge in [0.05, 0.1) is 18.0 Å². The van der Waals surface area contributed by atoms with E-state index in [-0.39, 0.29) is 29.1 Å². The van der Waals surface area contributed by atoms with Crippen LogP contribution in [0.4, 0.5) is 8.78 Å². The maximum Gasteiger partial charge on any atom is 0.284 e. The summed E-state index contributed by atoms with van der Waals surface area (Å²) in [5.41, 5.74) is -0.353. The number of hydrogen-bond acceptors (Lipinski definition) is 4. The average molecular weight is 434 g/mol. The molecule has 6 nitrogen and oxygen atoms in total. The Morgan fingerprint density at radius 3 is 2.53 bits per heavy atom. The van der Waals surface area contributed by atoms with Crippen molar-refractivity contribution in [2.45, 2.75) is 19.4 Å². The monoisotopic (exact) mass is 433 g/mol. The molecule has 0 radical (unpaired) electrons. The number of hydrogen-bond donors (Lipinski definition) is 2. The fraction of sp³-hybridized carbons (Fsp3) is 0.190. The summed E-state index contributed by atoms with van der Waals surface area (Å²) >= 11 is 5.92. The lowest BCUT2D eigenvalue weighted by molar-refractivity contribution is 0.0920. The van der Waals surface area contributed by atoms with E-state index in [1.54, 1.807) is 31.2 Å². The Labute approximate surface area is 175 Å². The standard InChI is InChI=1S/C21H18ClF2N3O3/c1-12(11-28)25-20(29)17-10-18(13-5-7-15(22)8-6-13)26-27(21(17)30)16-4-2-3-14(9-16)19(23)24/h2-10,12,19,28H,11H2,1H3,(H,25,29)/t12-/m0/s1. The summed E-state index contributed by atoms with van der Waals surface area (Å²) in [4.78, 5) is 25.6. The minimum atomic E-state index is -2.73. The third-order valence-electron chi connectivity index (χ3n) is 4.31. The van der Waals surface area contributed by atoms with E-state index in [4.69, 9.17) is 11.6 Å². The van der Waals surface area contributed by atoms with Gasteiger partial charge in [-0.15, -0.1) is 0 Å². The zero-order valence-electron chi connectivity index (χ0n) is 15.8. The molecule has 0 saturated heterocycles. The van der Waals surface area contributed by atoms with E-state index in [1.807, 2.05) is 0 Å². The van der Waals surface area contributed by atoms with Crippen molar-refractivity contribution >= 4 is 17.5 Å². The van der Waals surface area contributed by atoms with E-state index in [2.05, 4.69) is 10.4 Å². The predicted octanol–water partition coefficient (Wildman–Crippen LogP) is 3.60. The van der Waals surface area contributed by atoms with Gasteiger partial charge < -0.3 is 10.4 Å². The number of nitrogens with one attached hydrogen (secondary N) is 1. The van der Waals surface area contributed by atoms with E-state index in [0.717, 1.165) is 10.7 Å². The molecule has 3 rings (SSSR count). The summed E-state index contributed by atoms with van der Waals surface area (Å²) in [5, 5.41) is 16.5. The first-order valence-electron chi connectivity index (χ1n) is 9.00. The quantitative estimate of drug-likeness (QED) is 0.622. The fourth-order valence-electron chi connectivity index (χ4n) is 2.73. The van der Waals surface area contributed by atoms with Gasteiger partial charge in [-0.05, 0) is 37.3 Å². The molecular weight excluding hydrogens is 416 g/mol. The molecule has 1 amide bonds. The number of carbonyl (C=O) groups excluding carboxylic acids is 1. The maximum atomic E-state index is 13.1. The molecule has 1 atom stereocenters. The number of aromatic nitrogens is 2. The van der Waals surface area contributed by atoms with Crippen molar-refractivity contribution in [1.82, 2.24) is 15.1 Å². The number of carbonyl (C=O) groups is 1. The minimum Gasteiger partial charge on any atom is -0.394 e. The predicted molar refractivity (Wildman–Crippen MR) is 109 cm³/mol. The van der Waals surface area contributed by atoms with Gasteiger partial charge in [-0.1, -0.05) is 35.9 Å². The van der Waals surface area contributed by atoms with E-state index >= 15 is 0 Å². The molecular formula is C21H18ClF2N3O3. The number of halogens is 3. The van der Waals surface area contributed by atoms with Gasteiger partial charge in [-0.3, -0.25) is 9.59 Å². The van der Waals surface area contributed by atoms with Gasteiger partial charge in [0.25, 0.3) is 17.9 Å². The van der Waals surface area contributed by atoms with E-state index in [0.29, 0.717) is 10.6 Å². The van der Waals surface area contributed by atoms with Crippen LogP contribution in [0.2, 0.25) is 5.02 Å². The van der Waals surface area contributed by atoms with Crippen molar-refractivity contribution in [3.63, 3.8) is 0 Å². The second-order valence-corrected chi connectivity index (χ2v) is 7.06. The van der Waals surface area contributed by atoms with Crippen LogP contribution in [0.15, 0.2) is 59.4 Å². The summed E-state index contributed by atoms with van der Waals surface area (Å²) in [7, 11) is 0. The fourth-order valence-corrected chi connectivity index (χ4v) is 2.86. The molecule has 0 spiro atoms. The lowest BCUT2D eigenvalue weighted by Gasteiger charge is -2.14. The van der Waals surface area contributed by atoms with E-state index in [9.17, 15) is 23.5 Å². The van der Waals surface area contributed by atoms with Gasteiger partial charge in [0, 0.05) is 22.2 Å². The van der Waals surface area contributed by atoms with Gasteiger partial charge in [0.1, 0.15) is 5.56 Å². The Kier molecular flexibility index (Phi) is 6.59. The molecule has 0 aliphatic heterocycles. The summed E-state index contributed by atoms with van der Waals surface area (Å²) in [5.74, 6) is -0.710. The molecule has 156 valence electrons. The van der Waals surface area contributed by atoms with Crippen LogP contribution < -0.4 is 10.9 Å². The van der Waals surface area contributed by atoms with Crippen LogP contribution in [-0.4, -0.2) is 33.4 Å². The van der Waals surface area contributed by atoms with Gasteiger partial charge >= 0.3 is 0 Å². The zero-order valence-corrected chi connectivity index (χ0v) is 16.6. The smallest absolute Gasteiger partial charge is 0.284 e. The molecule has 2 N–H and O–H groups in total. The van der Waals surface area contributed by atoms with Crippen LogP contribution in [0.5, 0.6) is 0 Å². The van der Waals surface area contributed by atoms with Crippen molar-refractivity contribution < 1.29 is 18.7 Å². The Bertz CT molecular complexity index is 1120. The molecule has 0 aliphatic carbocycles. The lowest BCUT2D eigenvalue weighted by atomic mass is 10.1. The Morgan fingerprint density at radius 2 is 1.90 bits per heavy atom. The molecule has 0 aliphatic rings.